The fourth-order valence-corrected chi connectivity index (χ4v) is 4.70. The summed E-state index contributed by atoms with van der Waals surface area (Å²) in [5, 5.41) is 13.3. The quantitative estimate of drug-likeness (QED) is 0.769. The van der Waals surface area contributed by atoms with E-state index in [1.165, 1.54) is 4.90 Å². The summed E-state index contributed by atoms with van der Waals surface area (Å²) in [5.74, 6) is -0.728. The summed E-state index contributed by atoms with van der Waals surface area (Å²) in [7, 11) is 0. The van der Waals surface area contributed by atoms with Crippen molar-refractivity contribution in [1.82, 2.24) is 10.0 Å². The Bertz CT molecular complexity index is 950. The molecule has 0 unspecified atom stereocenters. The number of rotatable bonds is 2. The Kier molecular flexibility index (Phi) is 3.61. The lowest BCUT2D eigenvalue weighted by Gasteiger charge is -2.29. The van der Waals surface area contributed by atoms with Crippen molar-refractivity contribution in [3.05, 3.63) is 65.7 Å². The van der Waals surface area contributed by atoms with Crippen LogP contribution in [0.2, 0.25) is 0 Å². The van der Waals surface area contributed by atoms with Gasteiger partial charge in [-0.15, -0.1) is 0 Å². The van der Waals surface area contributed by atoms with Crippen molar-refractivity contribution in [1.29, 1.82) is 5.26 Å². The molecule has 0 aromatic heterocycles. The van der Waals surface area contributed by atoms with Crippen LogP contribution >= 0.6 is 0 Å². The number of hydrogen-bond donors (Lipinski definition) is 0. The molecule has 3 aliphatic rings. The highest BCUT2D eigenvalue weighted by Gasteiger charge is 2.62. The summed E-state index contributed by atoms with van der Waals surface area (Å²) in [5.41, 5.74) is 2.11. The van der Waals surface area contributed by atoms with Crippen LogP contribution in [0.15, 0.2) is 54.6 Å². The molecule has 0 radical (unpaired) electrons. The van der Waals surface area contributed by atoms with Crippen LogP contribution in [-0.4, -0.2) is 41.0 Å². The molecule has 2 amide bonds. The van der Waals surface area contributed by atoms with Gasteiger partial charge in [0.25, 0.3) is 5.91 Å². The van der Waals surface area contributed by atoms with Gasteiger partial charge in [-0.05, 0) is 36.2 Å². The Hall–Kier alpha value is -3.01. The summed E-state index contributed by atoms with van der Waals surface area (Å²) < 4.78 is 0. The monoisotopic (exact) mass is 358 g/mol. The SMILES string of the molecule is N#Cc1ccc(N2C(=O)[C@@H]3[C@@H](c4ccccc4)N4CCCN4[C@H]3C2=O)cc1. The first kappa shape index (κ1) is 16.2. The Balaban J connectivity index is 1.57. The third-order valence-corrected chi connectivity index (χ3v) is 5.80. The number of amides is 2. The van der Waals surface area contributed by atoms with Crippen LogP contribution in [0, 0.1) is 17.2 Å². The van der Waals surface area contributed by atoms with E-state index in [-0.39, 0.29) is 17.9 Å². The van der Waals surface area contributed by atoms with Gasteiger partial charge in [-0.2, -0.15) is 5.26 Å². The molecule has 134 valence electrons. The first-order valence-corrected chi connectivity index (χ1v) is 9.17. The van der Waals surface area contributed by atoms with E-state index in [0.717, 1.165) is 25.1 Å². The predicted octanol–water partition coefficient (Wildman–Crippen LogP) is 2.09. The number of imide groups is 1. The molecule has 0 bridgehead atoms. The second kappa shape index (κ2) is 6.02. The first-order valence-electron chi connectivity index (χ1n) is 9.17. The van der Waals surface area contributed by atoms with Crippen molar-refractivity contribution < 1.29 is 9.59 Å². The Labute approximate surface area is 157 Å². The maximum absolute atomic E-state index is 13.4. The largest absolute Gasteiger partial charge is 0.274 e. The lowest BCUT2D eigenvalue weighted by atomic mass is 9.90. The van der Waals surface area contributed by atoms with Gasteiger partial charge in [0, 0.05) is 13.1 Å². The third kappa shape index (κ3) is 2.26. The van der Waals surface area contributed by atoms with E-state index in [4.69, 9.17) is 5.26 Å². The number of carbonyl (C=O) groups is 2. The van der Waals surface area contributed by atoms with Gasteiger partial charge in [0.05, 0.1) is 29.3 Å². The molecule has 0 saturated carbocycles. The highest BCUT2D eigenvalue weighted by atomic mass is 16.2. The number of nitriles is 1. The minimum absolute atomic E-state index is 0.112. The summed E-state index contributed by atoms with van der Waals surface area (Å²) in [6.45, 7) is 1.66. The summed E-state index contributed by atoms with van der Waals surface area (Å²) in [6.07, 6.45) is 0.991. The molecule has 3 fully saturated rings. The number of hydrazine groups is 1. The summed E-state index contributed by atoms with van der Waals surface area (Å²) >= 11 is 0. The number of hydrogen-bond acceptors (Lipinski definition) is 5. The minimum atomic E-state index is -0.444. The number of anilines is 1. The van der Waals surface area contributed by atoms with Gasteiger partial charge in [0.2, 0.25) is 5.91 Å². The normalized spacial score (nSPS) is 27.7. The van der Waals surface area contributed by atoms with E-state index in [1.807, 2.05) is 30.3 Å². The highest BCUT2D eigenvalue weighted by molar-refractivity contribution is 6.24. The molecule has 27 heavy (non-hydrogen) atoms. The van der Waals surface area contributed by atoms with Crippen molar-refractivity contribution in [2.75, 3.05) is 18.0 Å². The molecule has 2 aromatic rings. The molecule has 0 spiro atoms. The highest BCUT2D eigenvalue weighted by Crippen LogP contribution is 2.48. The number of fused-ring (bicyclic) bond motifs is 3. The van der Waals surface area contributed by atoms with Crippen molar-refractivity contribution in [2.24, 2.45) is 5.92 Å². The van der Waals surface area contributed by atoms with Crippen LogP contribution in [0.3, 0.4) is 0 Å². The maximum atomic E-state index is 13.4. The molecule has 2 aromatic carbocycles. The second-order valence-corrected chi connectivity index (χ2v) is 7.18. The fourth-order valence-electron chi connectivity index (χ4n) is 4.70. The van der Waals surface area contributed by atoms with Crippen molar-refractivity contribution in [2.45, 2.75) is 18.5 Å². The minimum Gasteiger partial charge on any atom is -0.274 e. The van der Waals surface area contributed by atoms with Gasteiger partial charge < -0.3 is 0 Å². The zero-order chi connectivity index (χ0) is 18.5. The van der Waals surface area contributed by atoms with Gasteiger partial charge in [-0.3, -0.25) is 9.59 Å². The Morgan fingerprint density at radius 2 is 1.52 bits per heavy atom. The molecule has 3 heterocycles. The molecule has 3 aliphatic heterocycles. The Morgan fingerprint density at radius 1 is 0.852 bits per heavy atom. The first-order chi connectivity index (χ1) is 13.2. The number of carbonyl (C=O) groups excluding carboxylic acids is 2. The molecular weight excluding hydrogens is 340 g/mol. The fraction of sp³-hybridized carbons (Fsp3) is 0.286. The molecule has 6 nitrogen and oxygen atoms in total. The van der Waals surface area contributed by atoms with Gasteiger partial charge >= 0.3 is 0 Å². The van der Waals surface area contributed by atoms with Crippen molar-refractivity contribution >= 4 is 17.5 Å². The van der Waals surface area contributed by atoms with Gasteiger partial charge in [0.15, 0.2) is 0 Å². The van der Waals surface area contributed by atoms with Gasteiger partial charge in [-0.25, -0.2) is 14.9 Å². The van der Waals surface area contributed by atoms with Crippen LogP contribution in [0.5, 0.6) is 0 Å². The van der Waals surface area contributed by atoms with Crippen LogP contribution < -0.4 is 4.90 Å². The third-order valence-electron chi connectivity index (χ3n) is 5.80. The molecule has 0 aliphatic carbocycles. The standard InChI is InChI=1S/C21H18N4O2/c22-13-14-7-9-16(10-8-14)25-20(26)17-18(15-5-2-1-3-6-15)23-11-4-12-24(23)19(17)21(25)27/h1-3,5-10,17-19H,4,11-12H2/t17-,18-,19-/m1/s1. The zero-order valence-corrected chi connectivity index (χ0v) is 14.7. The van der Waals surface area contributed by atoms with E-state index < -0.39 is 12.0 Å². The molecule has 3 saturated heterocycles. The lowest BCUT2D eigenvalue weighted by molar-refractivity contribution is -0.126. The van der Waals surface area contributed by atoms with E-state index in [9.17, 15) is 9.59 Å². The van der Waals surface area contributed by atoms with Crippen LogP contribution in [0.1, 0.15) is 23.6 Å². The molecule has 3 atom stereocenters. The average Bonchev–Trinajstić information content (AvgIpc) is 3.35. The smallest absolute Gasteiger partial charge is 0.253 e. The van der Waals surface area contributed by atoms with E-state index in [1.54, 1.807) is 24.3 Å². The second-order valence-electron chi connectivity index (χ2n) is 7.18. The lowest BCUT2D eigenvalue weighted by Crippen LogP contribution is -2.44. The van der Waals surface area contributed by atoms with Crippen LogP contribution in [-0.2, 0) is 9.59 Å². The summed E-state index contributed by atoms with van der Waals surface area (Å²) in [4.78, 5) is 27.9. The predicted molar refractivity (Wildman–Crippen MR) is 98.1 cm³/mol. The molecule has 5 rings (SSSR count). The summed E-state index contributed by atoms with van der Waals surface area (Å²) in [6, 6.07) is 18.1. The van der Waals surface area contributed by atoms with E-state index in [0.29, 0.717) is 11.3 Å². The molecule has 0 N–H and O–H groups in total. The zero-order valence-electron chi connectivity index (χ0n) is 14.7. The molecule has 6 heteroatoms. The van der Waals surface area contributed by atoms with Crippen molar-refractivity contribution in [3.8, 4) is 6.07 Å². The van der Waals surface area contributed by atoms with Gasteiger partial charge in [0.1, 0.15) is 6.04 Å². The number of nitrogens with zero attached hydrogens (tertiary/aromatic N) is 4. The van der Waals surface area contributed by atoms with Crippen LogP contribution in [0.4, 0.5) is 5.69 Å². The van der Waals surface area contributed by atoms with Crippen molar-refractivity contribution in [3.63, 3.8) is 0 Å². The maximum Gasteiger partial charge on any atom is 0.253 e. The molecular formula is C21H18N4O2. The van der Waals surface area contributed by atoms with Crippen LogP contribution in [0.25, 0.3) is 0 Å². The Morgan fingerprint density at radius 3 is 2.19 bits per heavy atom. The van der Waals surface area contributed by atoms with E-state index in [2.05, 4.69) is 16.1 Å². The van der Waals surface area contributed by atoms with Gasteiger partial charge in [-0.1, -0.05) is 30.3 Å². The average molecular weight is 358 g/mol. The van der Waals surface area contributed by atoms with E-state index >= 15 is 0 Å². The topological polar surface area (TPSA) is 67.7 Å². The number of benzene rings is 2.